The van der Waals surface area contributed by atoms with E-state index < -0.39 is 12.3 Å². The Bertz CT molecular complexity index is 891. The third kappa shape index (κ3) is 2.79. The third-order valence-corrected chi connectivity index (χ3v) is 5.15. The first-order valence-corrected chi connectivity index (χ1v) is 8.28. The van der Waals surface area contributed by atoms with E-state index in [9.17, 15) is 19.6 Å². The maximum absolute atomic E-state index is 12.7. The molecule has 0 aliphatic carbocycles. The van der Waals surface area contributed by atoms with Gasteiger partial charge in [0, 0.05) is 35.5 Å². The molecule has 1 aromatic heterocycles. The zero-order chi connectivity index (χ0) is 16.4. The van der Waals surface area contributed by atoms with E-state index in [2.05, 4.69) is 4.98 Å². The molecule has 8 heteroatoms. The average molecular weight is 328 g/mol. The first kappa shape index (κ1) is 15.1. The first-order chi connectivity index (χ1) is 11.0. The number of non-ortho nitro benzene ring substituents is 1. The Morgan fingerprint density at radius 1 is 1.04 bits per heavy atom. The van der Waals surface area contributed by atoms with E-state index in [0.29, 0.717) is 5.69 Å². The predicted octanol–water partition coefficient (Wildman–Crippen LogP) is 1.37. The molecule has 2 aromatic carbocycles. The predicted molar refractivity (Wildman–Crippen MR) is 83.5 cm³/mol. The Balaban J connectivity index is 2.06. The van der Waals surface area contributed by atoms with E-state index in [4.69, 9.17) is 0 Å². The number of hydrogen-bond donors (Lipinski definition) is 0. The lowest BCUT2D eigenvalue weighted by atomic mass is 10.3. The number of nitrogens with zero attached hydrogens (tertiary/aromatic N) is 3. The molecule has 1 heterocycles. The van der Waals surface area contributed by atoms with Gasteiger partial charge in [-0.2, -0.15) is 0 Å². The molecule has 0 saturated carbocycles. The minimum absolute atomic E-state index is 0.0659. The van der Waals surface area contributed by atoms with Crippen LogP contribution in [0.25, 0.3) is 5.69 Å². The normalized spacial score (nSPS) is 13.4. The van der Waals surface area contributed by atoms with E-state index in [1.165, 1.54) is 53.4 Å². The van der Waals surface area contributed by atoms with E-state index in [1.54, 1.807) is 18.2 Å². The standard InChI is InChI=1S/C15H12N3O4P/c19-18(20)13-8-6-12(7-9-13)17-11-10-16-15(17)23(21,22)14-4-2-1-3-5-14/h1-11H,(H,21,22)/p-1. The second-order valence-corrected chi connectivity index (χ2v) is 6.78. The van der Waals surface area contributed by atoms with Gasteiger partial charge in [0.2, 0.25) is 0 Å². The van der Waals surface area contributed by atoms with Crippen LogP contribution < -0.4 is 15.8 Å². The summed E-state index contributed by atoms with van der Waals surface area (Å²) in [5.41, 5.74) is 0.302. The molecule has 3 rings (SSSR count). The van der Waals surface area contributed by atoms with Gasteiger partial charge in [-0.1, -0.05) is 30.3 Å². The number of benzene rings is 2. The summed E-state index contributed by atoms with van der Waals surface area (Å²) in [4.78, 5) is 26.8. The second-order valence-electron chi connectivity index (χ2n) is 4.76. The lowest BCUT2D eigenvalue weighted by Crippen LogP contribution is -2.31. The largest absolute Gasteiger partial charge is 0.790 e. The molecule has 0 fully saturated rings. The lowest BCUT2D eigenvalue weighted by molar-refractivity contribution is -0.384. The van der Waals surface area contributed by atoms with Crippen LogP contribution in [0.15, 0.2) is 67.0 Å². The summed E-state index contributed by atoms with van der Waals surface area (Å²) in [5.74, 6) is 0. The van der Waals surface area contributed by atoms with Gasteiger partial charge < -0.3 is 9.46 Å². The second kappa shape index (κ2) is 5.79. The number of nitro groups is 1. The van der Waals surface area contributed by atoms with Crippen LogP contribution in [0.2, 0.25) is 0 Å². The van der Waals surface area contributed by atoms with Gasteiger partial charge in [0.25, 0.3) is 5.69 Å². The molecule has 0 amide bonds. The van der Waals surface area contributed by atoms with Crippen molar-refractivity contribution in [3.63, 3.8) is 0 Å². The van der Waals surface area contributed by atoms with Crippen molar-refractivity contribution < 1.29 is 14.4 Å². The molecule has 116 valence electrons. The lowest BCUT2D eigenvalue weighted by Gasteiger charge is -2.24. The first-order valence-electron chi connectivity index (χ1n) is 6.65. The molecule has 3 aromatic rings. The van der Waals surface area contributed by atoms with Gasteiger partial charge in [0.05, 0.1) is 4.92 Å². The molecular weight excluding hydrogens is 317 g/mol. The van der Waals surface area contributed by atoms with Crippen LogP contribution in [-0.2, 0) is 4.57 Å². The van der Waals surface area contributed by atoms with Gasteiger partial charge in [0.1, 0.15) is 7.37 Å². The van der Waals surface area contributed by atoms with Crippen LogP contribution in [0.1, 0.15) is 0 Å². The van der Waals surface area contributed by atoms with Gasteiger partial charge >= 0.3 is 0 Å². The summed E-state index contributed by atoms with van der Waals surface area (Å²) < 4.78 is 14.1. The van der Waals surface area contributed by atoms with Gasteiger partial charge in [-0.25, -0.2) is 4.98 Å². The van der Waals surface area contributed by atoms with Gasteiger partial charge in [-0.3, -0.25) is 14.7 Å². The summed E-state index contributed by atoms with van der Waals surface area (Å²) in [6, 6.07) is 13.6. The smallest absolute Gasteiger partial charge is 0.269 e. The molecule has 0 N–H and O–H groups in total. The van der Waals surface area contributed by atoms with Crippen molar-refractivity contribution in [2.75, 3.05) is 0 Å². The molecular formula is C15H11N3O4P-. The van der Waals surface area contributed by atoms with E-state index in [-0.39, 0.29) is 16.6 Å². The summed E-state index contributed by atoms with van der Waals surface area (Å²) in [6.07, 6.45) is 2.88. The minimum Gasteiger partial charge on any atom is -0.790 e. The van der Waals surface area contributed by atoms with Gasteiger partial charge in [-0.05, 0) is 12.1 Å². The monoisotopic (exact) mass is 328 g/mol. The molecule has 0 radical (unpaired) electrons. The van der Waals surface area contributed by atoms with Crippen molar-refractivity contribution in [3.8, 4) is 5.69 Å². The van der Waals surface area contributed by atoms with Crippen LogP contribution in [0.4, 0.5) is 5.69 Å². The highest BCUT2D eigenvalue weighted by Crippen LogP contribution is 2.33. The molecule has 0 spiro atoms. The Labute approximate surface area is 131 Å². The zero-order valence-corrected chi connectivity index (χ0v) is 12.7. The van der Waals surface area contributed by atoms with Crippen LogP contribution in [-0.4, -0.2) is 14.5 Å². The Morgan fingerprint density at radius 3 is 2.30 bits per heavy atom. The maximum Gasteiger partial charge on any atom is 0.269 e. The topological polar surface area (TPSA) is 101 Å². The minimum atomic E-state index is -4.12. The fourth-order valence-corrected chi connectivity index (χ4v) is 3.67. The number of rotatable bonds is 4. The fraction of sp³-hybridized carbons (Fsp3) is 0. The SMILES string of the molecule is O=[N+]([O-])c1ccc(-n2ccnc2P(=O)([O-])c2ccccc2)cc1. The van der Waals surface area contributed by atoms with Crippen LogP contribution in [0, 0.1) is 10.1 Å². The van der Waals surface area contributed by atoms with Crippen LogP contribution in [0.3, 0.4) is 0 Å². The van der Waals surface area contributed by atoms with Crippen molar-refractivity contribution in [2.45, 2.75) is 0 Å². The molecule has 0 aliphatic rings. The molecule has 23 heavy (non-hydrogen) atoms. The molecule has 0 bridgehead atoms. The number of imidazole rings is 1. The van der Waals surface area contributed by atoms with Crippen molar-refractivity contribution in [1.29, 1.82) is 0 Å². The Hall–Kier alpha value is -2.76. The zero-order valence-electron chi connectivity index (χ0n) is 11.8. The average Bonchev–Trinajstić information content (AvgIpc) is 3.06. The number of hydrogen-bond acceptors (Lipinski definition) is 5. The van der Waals surface area contributed by atoms with E-state index in [0.717, 1.165) is 0 Å². The highest BCUT2D eigenvalue weighted by molar-refractivity contribution is 7.71. The number of aromatic nitrogens is 2. The molecule has 1 unspecified atom stereocenters. The highest BCUT2D eigenvalue weighted by Gasteiger charge is 2.20. The molecule has 0 saturated heterocycles. The summed E-state index contributed by atoms with van der Waals surface area (Å²) in [7, 11) is -4.12. The van der Waals surface area contributed by atoms with Crippen molar-refractivity contribution in [2.24, 2.45) is 0 Å². The van der Waals surface area contributed by atoms with Crippen molar-refractivity contribution >= 4 is 23.9 Å². The summed E-state index contributed by atoms with van der Waals surface area (Å²) in [6.45, 7) is 0. The van der Waals surface area contributed by atoms with Crippen LogP contribution >= 0.6 is 7.37 Å². The summed E-state index contributed by atoms with van der Waals surface area (Å²) >= 11 is 0. The highest BCUT2D eigenvalue weighted by atomic mass is 31.2. The molecule has 0 aliphatic heterocycles. The quantitative estimate of drug-likeness (QED) is 0.409. The van der Waals surface area contributed by atoms with E-state index >= 15 is 0 Å². The van der Waals surface area contributed by atoms with Gasteiger partial charge in [-0.15, -0.1) is 0 Å². The van der Waals surface area contributed by atoms with Crippen molar-refractivity contribution in [3.05, 3.63) is 77.1 Å². The van der Waals surface area contributed by atoms with E-state index in [1.807, 2.05) is 0 Å². The maximum atomic E-state index is 12.7. The third-order valence-electron chi connectivity index (χ3n) is 3.32. The fourth-order valence-electron chi connectivity index (χ4n) is 2.19. The Morgan fingerprint density at radius 2 is 1.70 bits per heavy atom. The summed E-state index contributed by atoms with van der Waals surface area (Å²) in [5, 5.41) is 10.9. The van der Waals surface area contributed by atoms with Crippen LogP contribution in [0.5, 0.6) is 0 Å². The molecule has 1 atom stereocenters. The Kier molecular flexibility index (Phi) is 3.82. The molecule has 7 nitrogen and oxygen atoms in total. The van der Waals surface area contributed by atoms with Gasteiger partial charge in [0.15, 0.2) is 5.57 Å². The number of nitro benzene ring substituents is 1. The van der Waals surface area contributed by atoms with Crippen molar-refractivity contribution in [1.82, 2.24) is 9.55 Å².